The maximum atomic E-state index is 12.3. The lowest BCUT2D eigenvalue weighted by Crippen LogP contribution is -2.56. The van der Waals surface area contributed by atoms with Crippen molar-refractivity contribution in [2.24, 2.45) is 0 Å². The summed E-state index contributed by atoms with van der Waals surface area (Å²) < 4.78 is 0. The molecule has 0 saturated carbocycles. The number of aromatic nitrogens is 1. The first-order valence-electron chi connectivity index (χ1n) is 6.21. The summed E-state index contributed by atoms with van der Waals surface area (Å²) in [5.74, 6) is 0.473. The van der Waals surface area contributed by atoms with E-state index in [0.717, 1.165) is 13.1 Å². The molecule has 5 nitrogen and oxygen atoms in total. The van der Waals surface area contributed by atoms with Crippen LogP contribution in [0.5, 0.6) is 0 Å². The maximum absolute atomic E-state index is 12.3. The van der Waals surface area contributed by atoms with Gasteiger partial charge in [0.2, 0.25) is 0 Å². The Morgan fingerprint density at radius 3 is 2.44 bits per heavy atom. The summed E-state index contributed by atoms with van der Waals surface area (Å²) in [7, 11) is 2.10. The first kappa shape index (κ1) is 12.8. The third-order valence-corrected chi connectivity index (χ3v) is 3.68. The third kappa shape index (κ3) is 2.46. The van der Waals surface area contributed by atoms with Gasteiger partial charge in [0.25, 0.3) is 5.91 Å². The summed E-state index contributed by atoms with van der Waals surface area (Å²) in [5, 5.41) is 0. The van der Waals surface area contributed by atoms with Crippen molar-refractivity contribution in [3.05, 3.63) is 23.9 Å². The van der Waals surface area contributed by atoms with Crippen LogP contribution in [0, 0.1) is 0 Å². The minimum atomic E-state index is 0.0364. The zero-order chi connectivity index (χ0) is 13.3. The van der Waals surface area contributed by atoms with Gasteiger partial charge < -0.3 is 10.6 Å². The molecule has 0 spiro atoms. The number of hydrogen-bond acceptors (Lipinski definition) is 4. The number of hydrogen-bond donors (Lipinski definition) is 1. The maximum Gasteiger partial charge on any atom is 0.255 e. The van der Waals surface area contributed by atoms with Crippen molar-refractivity contribution >= 4 is 11.7 Å². The summed E-state index contributed by atoms with van der Waals surface area (Å²) in [5.41, 5.74) is 6.13. The number of likely N-dealkylation sites (N-methyl/N-ethyl adjacent to an activating group) is 1. The average Bonchev–Trinajstić information content (AvgIpc) is 2.35. The van der Waals surface area contributed by atoms with E-state index in [1.54, 1.807) is 18.3 Å². The highest BCUT2D eigenvalue weighted by Gasteiger charge is 2.29. The predicted octanol–water partition coefficient (Wildman–Crippen LogP) is 0.828. The summed E-state index contributed by atoms with van der Waals surface area (Å²) >= 11 is 0. The molecule has 1 aromatic rings. The summed E-state index contributed by atoms with van der Waals surface area (Å²) in [4.78, 5) is 20.5. The normalized spacial score (nSPS) is 25.2. The molecule has 1 aliphatic rings. The Hall–Kier alpha value is -1.62. The second-order valence-electron chi connectivity index (χ2n) is 5.05. The minimum Gasteiger partial charge on any atom is -0.384 e. The molecule has 2 atom stereocenters. The van der Waals surface area contributed by atoms with Gasteiger partial charge in [-0.25, -0.2) is 4.98 Å². The van der Waals surface area contributed by atoms with E-state index in [4.69, 9.17) is 5.73 Å². The van der Waals surface area contributed by atoms with Crippen LogP contribution in [0.15, 0.2) is 18.3 Å². The highest BCUT2D eigenvalue weighted by molar-refractivity contribution is 5.94. The molecule has 1 fully saturated rings. The summed E-state index contributed by atoms with van der Waals surface area (Å²) in [6, 6.07) is 4.15. The van der Waals surface area contributed by atoms with Crippen molar-refractivity contribution in [1.29, 1.82) is 0 Å². The van der Waals surface area contributed by atoms with Gasteiger partial charge in [0, 0.05) is 31.4 Å². The molecule has 0 radical (unpaired) electrons. The van der Waals surface area contributed by atoms with Gasteiger partial charge in [-0.3, -0.25) is 9.69 Å². The number of nitrogens with zero attached hydrogens (tertiary/aromatic N) is 3. The lowest BCUT2D eigenvalue weighted by molar-refractivity contribution is 0.0414. The molecule has 5 heteroatoms. The molecular weight excluding hydrogens is 228 g/mol. The average molecular weight is 248 g/mol. The molecule has 2 N–H and O–H groups in total. The van der Waals surface area contributed by atoms with Gasteiger partial charge in [-0.05, 0) is 33.0 Å². The van der Waals surface area contributed by atoms with Crippen LogP contribution in [-0.2, 0) is 0 Å². The van der Waals surface area contributed by atoms with Crippen LogP contribution in [-0.4, -0.2) is 52.9 Å². The standard InChI is InChI=1S/C13H20N4O/c1-9-7-17(8-10(2)16(9)3)13(18)11-4-5-12(14)15-6-11/h4-6,9-10H,7-8H2,1-3H3,(H2,14,15). The lowest BCUT2D eigenvalue weighted by Gasteiger charge is -2.42. The largest absolute Gasteiger partial charge is 0.384 e. The number of pyridine rings is 1. The van der Waals surface area contributed by atoms with Gasteiger partial charge in [0.05, 0.1) is 5.56 Å². The highest BCUT2D eigenvalue weighted by Crippen LogP contribution is 2.16. The number of rotatable bonds is 1. The van der Waals surface area contributed by atoms with Crippen molar-refractivity contribution in [3.8, 4) is 0 Å². The van der Waals surface area contributed by atoms with Crippen LogP contribution < -0.4 is 5.73 Å². The SMILES string of the molecule is CC1CN(C(=O)c2ccc(N)nc2)CC(C)N1C. The van der Waals surface area contributed by atoms with Gasteiger partial charge in [-0.15, -0.1) is 0 Å². The Bertz CT molecular complexity index is 419. The lowest BCUT2D eigenvalue weighted by atomic mass is 10.1. The van der Waals surface area contributed by atoms with E-state index in [2.05, 4.69) is 30.8 Å². The van der Waals surface area contributed by atoms with Crippen molar-refractivity contribution in [1.82, 2.24) is 14.8 Å². The van der Waals surface area contributed by atoms with Crippen molar-refractivity contribution < 1.29 is 4.79 Å². The monoisotopic (exact) mass is 248 g/mol. The summed E-state index contributed by atoms with van der Waals surface area (Å²) in [6.07, 6.45) is 1.55. The van der Waals surface area contributed by atoms with Gasteiger partial charge in [0.15, 0.2) is 0 Å². The van der Waals surface area contributed by atoms with E-state index in [1.807, 2.05) is 4.90 Å². The number of amides is 1. The summed E-state index contributed by atoms with van der Waals surface area (Å²) in [6.45, 7) is 5.78. The molecule has 2 heterocycles. The minimum absolute atomic E-state index is 0.0364. The Kier molecular flexibility index (Phi) is 3.52. The molecule has 1 aliphatic heterocycles. The van der Waals surface area contributed by atoms with Crippen molar-refractivity contribution in [2.45, 2.75) is 25.9 Å². The van der Waals surface area contributed by atoms with E-state index >= 15 is 0 Å². The van der Waals surface area contributed by atoms with Crippen molar-refractivity contribution in [2.75, 3.05) is 25.9 Å². The smallest absolute Gasteiger partial charge is 0.255 e. The molecule has 0 aromatic carbocycles. The van der Waals surface area contributed by atoms with Gasteiger partial charge in [0.1, 0.15) is 5.82 Å². The number of nitrogens with two attached hydrogens (primary N) is 1. The van der Waals surface area contributed by atoms with E-state index in [-0.39, 0.29) is 5.91 Å². The van der Waals surface area contributed by atoms with E-state index in [9.17, 15) is 4.79 Å². The molecule has 2 rings (SSSR count). The fraction of sp³-hybridized carbons (Fsp3) is 0.538. The molecule has 1 aromatic heterocycles. The van der Waals surface area contributed by atoms with Crippen LogP contribution >= 0.6 is 0 Å². The fourth-order valence-corrected chi connectivity index (χ4v) is 2.28. The van der Waals surface area contributed by atoms with Gasteiger partial charge in [-0.1, -0.05) is 0 Å². The Morgan fingerprint density at radius 2 is 1.94 bits per heavy atom. The Morgan fingerprint density at radius 1 is 1.33 bits per heavy atom. The van der Waals surface area contributed by atoms with E-state index in [1.165, 1.54) is 0 Å². The van der Waals surface area contributed by atoms with Gasteiger partial charge >= 0.3 is 0 Å². The van der Waals surface area contributed by atoms with E-state index < -0.39 is 0 Å². The molecule has 98 valence electrons. The third-order valence-electron chi connectivity index (χ3n) is 3.68. The zero-order valence-corrected chi connectivity index (χ0v) is 11.1. The molecule has 18 heavy (non-hydrogen) atoms. The van der Waals surface area contributed by atoms with Crippen LogP contribution in [0.1, 0.15) is 24.2 Å². The molecular formula is C13H20N4O. The van der Waals surface area contributed by atoms with Crippen LogP contribution in [0.3, 0.4) is 0 Å². The molecule has 1 amide bonds. The van der Waals surface area contributed by atoms with E-state index in [0.29, 0.717) is 23.5 Å². The second-order valence-corrected chi connectivity index (χ2v) is 5.05. The quantitative estimate of drug-likeness (QED) is 0.799. The number of nitrogen functional groups attached to an aromatic ring is 1. The Labute approximate surface area is 108 Å². The van der Waals surface area contributed by atoms with Crippen LogP contribution in [0.25, 0.3) is 0 Å². The van der Waals surface area contributed by atoms with Crippen LogP contribution in [0.4, 0.5) is 5.82 Å². The first-order valence-corrected chi connectivity index (χ1v) is 6.21. The topological polar surface area (TPSA) is 62.5 Å². The molecule has 0 bridgehead atoms. The number of carbonyl (C=O) groups is 1. The van der Waals surface area contributed by atoms with Crippen LogP contribution in [0.2, 0.25) is 0 Å². The Balaban J connectivity index is 2.12. The number of piperazine rings is 1. The van der Waals surface area contributed by atoms with Gasteiger partial charge in [-0.2, -0.15) is 0 Å². The molecule has 0 aliphatic carbocycles. The second kappa shape index (κ2) is 4.94. The predicted molar refractivity (Wildman–Crippen MR) is 71.2 cm³/mol. The number of anilines is 1. The first-order chi connectivity index (χ1) is 8.49. The molecule has 1 saturated heterocycles. The van der Waals surface area contributed by atoms with Crippen molar-refractivity contribution in [3.63, 3.8) is 0 Å². The highest BCUT2D eigenvalue weighted by atomic mass is 16.2. The molecule has 2 unspecified atom stereocenters. The fourth-order valence-electron chi connectivity index (χ4n) is 2.28. The number of carbonyl (C=O) groups excluding carboxylic acids is 1. The zero-order valence-electron chi connectivity index (χ0n) is 11.1.